The van der Waals surface area contributed by atoms with Gasteiger partial charge < -0.3 is 5.32 Å². The molecule has 0 bridgehead atoms. The minimum Gasteiger partial charge on any atom is -0.325 e. The van der Waals surface area contributed by atoms with Crippen molar-refractivity contribution in [2.75, 3.05) is 5.32 Å². The van der Waals surface area contributed by atoms with Gasteiger partial charge in [0, 0.05) is 17.8 Å². The summed E-state index contributed by atoms with van der Waals surface area (Å²) >= 11 is 0. The summed E-state index contributed by atoms with van der Waals surface area (Å²) in [6, 6.07) is 12.0. The normalized spacial score (nSPS) is 10.6. The Morgan fingerprint density at radius 1 is 1.17 bits per heavy atom. The molecule has 2 aromatic carbocycles. The van der Waals surface area contributed by atoms with E-state index < -0.39 is 4.92 Å². The Hall–Kier alpha value is -2.69. The lowest BCUT2D eigenvalue weighted by atomic mass is 9.98. The van der Waals surface area contributed by atoms with Crippen LogP contribution in [0, 0.1) is 17.0 Å². The average molecular weight is 312 g/mol. The highest BCUT2D eigenvalue weighted by atomic mass is 16.6. The minimum absolute atomic E-state index is 0.0233. The summed E-state index contributed by atoms with van der Waals surface area (Å²) in [6.45, 7) is 6.13. The second-order valence-electron chi connectivity index (χ2n) is 5.84. The van der Waals surface area contributed by atoms with Crippen LogP contribution in [0.5, 0.6) is 0 Å². The summed E-state index contributed by atoms with van der Waals surface area (Å²) in [5, 5.41) is 13.6. The lowest BCUT2D eigenvalue weighted by Gasteiger charge is -2.16. The number of nitro benzene ring substituents is 1. The molecule has 0 spiro atoms. The summed E-state index contributed by atoms with van der Waals surface area (Å²) in [5.74, 6) is 0.180. The molecule has 23 heavy (non-hydrogen) atoms. The van der Waals surface area contributed by atoms with Crippen LogP contribution in [0.25, 0.3) is 0 Å². The van der Waals surface area contributed by atoms with Gasteiger partial charge in [-0.25, -0.2) is 0 Å². The number of carbonyl (C=O) groups excluding carboxylic acids is 1. The van der Waals surface area contributed by atoms with E-state index in [1.807, 2.05) is 25.1 Å². The number of anilines is 1. The van der Waals surface area contributed by atoms with Crippen LogP contribution < -0.4 is 5.32 Å². The smallest absolute Gasteiger partial charge is 0.269 e. The van der Waals surface area contributed by atoms with Crippen LogP contribution in [0.4, 0.5) is 11.4 Å². The van der Waals surface area contributed by atoms with E-state index in [1.54, 1.807) is 12.1 Å². The number of hydrogen-bond acceptors (Lipinski definition) is 3. The highest BCUT2D eigenvalue weighted by Crippen LogP contribution is 2.27. The zero-order valence-electron chi connectivity index (χ0n) is 13.5. The summed E-state index contributed by atoms with van der Waals surface area (Å²) < 4.78 is 0. The first-order valence-corrected chi connectivity index (χ1v) is 7.51. The van der Waals surface area contributed by atoms with Crippen molar-refractivity contribution in [1.29, 1.82) is 0 Å². The van der Waals surface area contributed by atoms with Crippen molar-refractivity contribution in [1.82, 2.24) is 0 Å². The van der Waals surface area contributed by atoms with Gasteiger partial charge in [0.15, 0.2) is 0 Å². The van der Waals surface area contributed by atoms with Crippen LogP contribution in [0.15, 0.2) is 42.5 Å². The van der Waals surface area contributed by atoms with Gasteiger partial charge in [0.25, 0.3) is 5.69 Å². The molecule has 2 aromatic rings. The van der Waals surface area contributed by atoms with Crippen molar-refractivity contribution in [3.05, 3.63) is 69.3 Å². The number of nitrogens with zero attached hydrogens (tertiary/aromatic N) is 1. The maximum Gasteiger partial charge on any atom is 0.269 e. The van der Waals surface area contributed by atoms with Gasteiger partial charge in [-0.3, -0.25) is 14.9 Å². The van der Waals surface area contributed by atoms with Gasteiger partial charge in [0.2, 0.25) is 5.91 Å². The Balaban J connectivity index is 2.12. The molecule has 1 amide bonds. The second-order valence-corrected chi connectivity index (χ2v) is 5.84. The van der Waals surface area contributed by atoms with Crippen LogP contribution in [-0.4, -0.2) is 10.8 Å². The molecular formula is C18H20N2O3. The van der Waals surface area contributed by atoms with Crippen molar-refractivity contribution in [2.45, 2.75) is 33.1 Å². The van der Waals surface area contributed by atoms with E-state index in [4.69, 9.17) is 0 Å². The molecule has 5 nitrogen and oxygen atoms in total. The maximum absolute atomic E-state index is 12.3. The fourth-order valence-corrected chi connectivity index (χ4v) is 2.45. The lowest BCUT2D eigenvalue weighted by Crippen LogP contribution is -2.16. The van der Waals surface area contributed by atoms with E-state index in [0.29, 0.717) is 5.92 Å². The number of amides is 1. The Kier molecular flexibility index (Phi) is 5.11. The number of hydrogen-bond donors (Lipinski definition) is 1. The number of para-hydroxylation sites is 1. The fourth-order valence-electron chi connectivity index (χ4n) is 2.45. The first-order valence-electron chi connectivity index (χ1n) is 7.51. The predicted octanol–water partition coefficient (Wildman–Crippen LogP) is 4.21. The fraction of sp³-hybridized carbons (Fsp3) is 0.278. The van der Waals surface area contributed by atoms with Crippen molar-refractivity contribution >= 4 is 17.3 Å². The molecule has 0 aromatic heterocycles. The van der Waals surface area contributed by atoms with Gasteiger partial charge in [-0.15, -0.1) is 0 Å². The molecule has 0 saturated heterocycles. The van der Waals surface area contributed by atoms with Gasteiger partial charge >= 0.3 is 0 Å². The third-order valence-electron chi connectivity index (χ3n) is 3.70. The molecule has 0 aliphatic carbocycles. The molecule has 1 N–H and O–H groups in total. The highest BCUT2D eigenvalue weighted by Gasteiger charge is 2.13. The van der Waals surface area contributed by atoms with Crippen LogP contribution in [0.1, 0.15) is 36.5 Å². The topological polar surface area (TPSA) is 72.2 Å². The zero-order valence-corrected chi connectivity index (χ0v) is 13.5. The van der Waals surface area contributed by atoms with Gasteiger partial charge in [0.1, 0.15) is 0 Å². The predicted molar refractivity (Wildman–Crippen MR) is 90.7 cm³/mol. The first-order chi connectivity index (χ1) is 10.9. The van der Waals surface area contributed by atoms with E-state index >= 15 is 0 Å². The number of non-ortho nitro benzene ring substituents is 1. The molecule has 0 saturated carbocycles. The number of nitro groups is 1. The molecule has 0 aliphatic heterocycles. The molecule has 0 atom stereocenters. The van der Waals surface area contributed by atoms with Crippen molar-refractivity contribution in [3.63, 3.8) is 0 Å². The lowest BCUT2D eigenvalue weighted by molar-refractivity contribution is -0.384. The average Bonchev–Trinajstić information content (AvgIpc) is 2.49. The largest absolute Gasteiger partial charge is 0.325 e. The molecule has 0 radical (unpaired) electrons. The van der Waals surface area contributed by atoms with E-state index in [-0.39, 0.29) is 18.0 Å². The summed E-state index contributed by atoms with van der Waals surface area (Å²) in [4.78, 5) is 22.5. The van der Waals surface area contributed by atoms with E-state index in [2.05, 4.69) is 19.2 Å². The maximum atomic E-state index is 12.3. The van der Waals surface area contributed by atoms with E-state index in [0.717, 1.165) is 22.4 Å². The first kappa shape index (κ1) is 16.7. The van der Waals surface area contributed by atoms with Gasteiger partial charge in [0.05, 0.1) is 11.3 Å². The van der Waals surface area contributed by atoms with Gasteiger partial charge in [-0.1, -0.05) is 44.2 Å². The van der Waals surface area contributed by atoms with E-state index in [1.165, 1.54) is 12.1 Å². The monoisotopic (exact) mass is 312 g/mol. The third-order valence-corrected chi connectivity index (χ3v) is 3.70. The number of carbonyl (C=O) groups is 1. The van der Waals surface area contributed by atoms with Crippen LogP contribution >= 0.6 is 0 Å². The van der Waals surface area contributed by atoms with Crippen molar-refractivity contribution < 1.29 is 9.72 Å². The Bertz CT molecular complexity index is 722. The Morgan fingerprint density at radius 2 is 1.83 bits per heavy atom. The molecule has 0 fully saturated rings. The molecule has 5 heteroatoms. The van der Waals surface area contributed by atoms with Crippen LogP contribution in [0.2, 0.25) is 0 Å². The number of benzene rings is 2. The number of nitrogens with one attached hydrogen (secondary N) is 1. The molecule has 0 unspecified atom stereocenters. The zero-order chi connectivity index (χ0) is 17.0. The van der Waals surface area contributed by atoms with Gasteiger partial charge in [-0.05, 0) is 29.5 Å². The molecular weight excluding hydrogens is 292 g/mol. The second kappa shape index (κ2) is 7.05. The molecule has 0 aliphatic rings. The standard InChI is InChI=1S/C18H20N2O3/c1-12(2)16-6-4-5-13(3)18(16)19-17(21)11-14-7-9-15(10-8-14)20(22)23/h4-10,12H,11H2,1-3H3,(H,19,21). The Morgan fingerprint density at radius 3 is 2.39 bits per heavy atom. The summed E-state index contributed by atoms with van der Waals surface area (Å²) in [5.41, 5.74) is 3.74. The summed E-state index contributed by atoms with van der Waals surface area (Å²) in [7, 11) is 0. The Labute approximate surface area is 135 Å². The van der Waals surface area contributed by atoms with Crippen LogP contribution in [0.3, 0.4) is 0 Å². The molecule has 2 rings (SSSR count). The number of aryl methyl sites for hydroxylation is 1. The quantitative estimate of drug-likeness (QED) is 0.664. The molecule has 120 valence electrons. The highest BCUT2D eigenvalue weighted by molar-refractivity contribution is 5.93. The minimum atomic E-state index is -0.452. The summed E-state index contributed by atoms with van der Waals surface area (Å²) in [6.07, 6.45) is 0.184. The van der Waals surface area contributed by atoms with Crippen molar-refractivity contribution in [3.8, 4) is 0 Å². The van der Waals surface area contributed by atoms with E-state index in [9.17, 15) is 14.9 Å². The van der Waals surface area contributed by atoms with Crippen LogP contribution in [-0.2, 0) is 11.2 Å². The van der Waals surface area contributed by atoms with Gasteiger partial charge in [-0.2, -0.15) is 0 Å². The SMILES string of the molecule is Cc1cccc(C(C)C)c1NC(=O)Cc1ccc([N+](=O)[O-])cc1. The molecule has 0 heterocycles. The van der Waals surface area contributed by atoms with Crippen molar-refractivity contribution in [2.24, 2.45) is 0 Å². The third kappa shape index (κ3) is 4.16. The number of rotatable bonds is 5.